The van der Waals surface area contributed by atoms with Gasteiger partial charge in [0.05, 0.1) is 12.5 Å². The number of methoxy groups -OCH3 is 1. The van der Waals surface area contributed by atoms with E-state index < -0.39 is 5.41 Å². The van der Waals surface area contributed by atoms with Crippen LogP contribution in [0, 0.1) is 0 Å². The maximum absolute atomic E-state index is 13.4. The van der Waals surface area contributed by atoms with Gasteiger partial charge in [-0.05, 0) is 67.6 Å². The lowest BCUT2D eigenvalue weighted by Crippen LogP contribution is -2.44. The number of anilines is 1. The van der Waals surface area contributed by atoms with Crippen LogP contribution >= 0.6 is 0 Å². The lowest BCUT2D eigenvalue weighted by atomic mass is 9.73. The zero-order valence-corrected chi connectivity index (χ0v) is 17.4. The molecule has 0 aromatic heterocycles. The first-order valence-corrected chi connectivity index (χ1v) is 10.6. The van der Waals surface area contributed by atoms with Crippen molar-refractivity contribution in [3.63, 3.8) is 0 Å². The summed E-state index contributed by atoms with van der Waals surface area (Å²) in [4.78, 5) is 27.8. The van der Waals surface area contributed by atoms with E-state index in [0.717, 1.165) is 37.2 Å². The van der Waals surface area contributed by atoms with E-state index in [0.29, 0.717) is 37.3 Å². The topological polar surface area (TPSA) is 67.9 Å². The molecule has 2 aliphatic heterocycles. The predicted molar refractivity (Wildman–Crippen MR) is 115 cm³/mol. The highest BCUT2D eigenvalue weighted by atomic mass is 16.5. The number of nitrogens with zero attached hydrogens (tertiary/aromatic N) is 1. The van der Waals surface area contributed by atoms with Gasteiger partial charge in [-0.15, -0.1) is 0 Å². The van der Waals surface area contributed by atoms with Crippen LogP contribution in [0.5, 0.6) is 5.75 Å². The Morgan fingerprint density at radius 3 is 2.20 bits per heavy atom. The summed E-state index contributed by atoms with van der Waals surface area (Å²) in [6, 6.07) is 14.9. The molecule has 2 heterocycles. The first-order chi connectivity index (χ1) is 14.6. The van der Waals surface area contributed by atoms with Gasteiger partial charge in [0, 0.05) is 37.6 Å². The molecule has 2 aromatic rings. The molecule has 1 N–H and O–H groups in total. The van der Waals surface area contributed by atoms with Gasteiger partial charge in [-0.25, -0.2) is 0 Å². The van der Waals surface area contributed by atoms with Gasteiger partial charge in [-0.1, -0.05) is 12.1 Å². The molecule has 0 saturated carbocycles. The summed E-state index contributed by atoms with van der Waals surface area (Å²) in [7, 11) is 1.63. The number of carbonyl (C=O) groups is 2. The van der Waals surface area contributed by atoms with Crippen molar-refractivity contribution < 1.29 is 19.1 Å². The van der Waals surface area contributed by atoms with Crippen molar-refractivity contribution in [1.29, 1.82) is 0 Å². The highest BCUT2D eigenvalue weighted by Gasteiger charge is 2.41. The molecule has 6 heteroatoms. The van der Waals surface area contributed by atoms with Crippen molar-refractivity contribution in [2.24, 2.45) is 0 Å². The van der Waals surface area contributed by atoms with E-state index in [-0.39, 0.29) is 11.8 Å². The molecular weight excluding hydrogens is 380 g/mol. The highest BCUT2D eigenvalue weighted by Crippen LogP contribution is 2.37. The molecule has 0 spiro atoms. The molecule has 158 valence electrons. The van der Waals surface area contributed by atoms with Crippen molar-refractivity contribution in [2.45, 2.75) is 31.1 Å². The van der Waals surface area contributed by atoms with Gasteiger partial charge in [0.2, 0.25) is 5.91 Å². The second kappa shape index (κ2) is 8.88. The van der Waals surface area contributed by atoms with Gasteiger partial charge >= 0.3 is 0 Å². The van der Waals surface area contributed by atoms with E-state index in [4.69, 9.17) is 9.47 Å². The molecule has 0 atom stereocenters. The number of nitrogens with one attached hydrogen (secondary N) is 1. The molecule has 0 radical (unpaired) electrons. The predicted octanol–water partition coefficient (Wildman–Crippen LogP) is 3.62. The standard InChI is InChI=1S/C24H28N2O4/c1-29-21-10-6-19(7-11-21)24(12-16-30-17-13-24)23(28)25-20-8-4-18(5-9-20)22(27)26-14-2-3-15-26/h4-11H,2-3,12-17H2,1H3,(H,25,28). The maximum Gasteiger partial charge on any atom is 0.253 e. The molecule has 30 heavy (non-hydrogen) atoms. The van der Waals surface area contributed by atoms with Gasteiger partial charge < -0.3 is 19.7 Å². The van der Waals surface area contributed by atoms with E-state index in [1.807, 2.05) is 41.3 Å². The second-order valence-electron chi connectivity index (χ2n) is 7.95. The van der Waals surface area contributed by atoms with E-state index >= 15 is 0 Å². The largest absolute Gasteiger partial charge is 0.497 e. The van der Waals surface area contributed by atoms with Crippen molar-refractivity contribution >= 4 is 17.5 Å². The number of rotatable bonds is 5. The number of hydrogen-bond donors (Lipinski definition) is 1. The minimum Gasteiger partial charge on any atom is -0.497 e. The minimum atomic E-state index is -0.644. The van der Waals surface area contributed by atoms with Crippen LogP contribution in [-0.2, 0) is 14.9 Å². The van der Waals surface area contributed by atoms with Gasteiger partial charge in [-0.2, -0.15) is 0 Å². The van der Waals surface area contributed by atoms with Gasteiger partial charge in [0.1, 0.15) is 5.75 Å². The van der Waals surface area contributed by atoms with E-state index in [1.54, 1.807) is 19.2 Å². The number of amides is 2. The molecule has 0 bridgehead atoms. The molecule has 2 amide bonds. The normalized spacial score (nSPS) is 18.1. The Kier molecular flexibility index (Phi) is 6.04. The number of ether oxygens (including phenoxy) is 2. The molecule has 6 nitrogen and oxygen atoms in total. The van der Waals surface area contributed by atoms with Crippen LogP contribution in [0.1, 0.15) is 41.6 Å². The third-order valence-electron chi connectivity index (χ3n) is 6.21. The molecule has 4 rings (SSSR count). The summed E-state index contributed by atoms with van der Waals surface area (Å²) in [6.45, 7) is 2.74. The molecule has 0 unspecified atom stereocenters. The smallest absolute Gasteiger partial charge is 0.253 e. The summed E-state index contributed by atoms with van der Waals surface area (Å²) in [6.07, 6.45) is 3.38. The third-order valence-corrected chi connectivity index (χ3v) is 6.21. The first-order valence-electron chi connectivity index (χ1n) is 10.6. The van der Waals surface area contributed by atoms with Crippen molar-refractivity contribution in [3.05, 3.63) is 59.7 Å². The van der Waals surface area contributed by atoms with E-state index in [1.165, 1.54) is 0 Å². The quantitative estimate of drug-likeness (QED) is 0.821. The number of likely N-dealkylation sites (tertiary alicyclic amines) is 1. The highest BCUT2D eigenvalue weighted by molar-refractivity contribution is 6.00. The van der Waals surface area contributed by atoms with Gasteiger partial charge in [0.15, 0.2) is 0 Å². The Balaban J connectivity index is 1.51. The fourth-order valence-electron chi connectivity index (χ4n) is 4.33. The molecule has 0 aliphatic carbocycles. The van der Waals surface area contributed by atoms with E-state index in [2.05, 4.69) is 5.32 Å². The first kappa shape index (κ1) is 20.4. The number of hydrogen-bond acceptors (Lipinski definition) is 4. The fourth-order valence-corrected chi connectivity index (χ4v) is 4.33. The number of benzene rings is 2. The van der Waals surface area contributed by atoms with Crippen LogP contribution < -0.4 is 10.1 Å². The van der Waals surface area contributed by atoms with Crippen molar-refractivity contribution in [2.75, 3.05) is 38.7 Å². The maximum atomic E-state index is 13.4. The third kappa shape index (κ3) is 4.05. The summed E-state index contributed by atoms with van der Waals surface area (Å²) in [5.41, 5.74) is 1.67. The Labute approximate surface area is 177 Å². The molecule has 2 aromatic carbocycles. The Morgan fingerprint density at radius 1 is 0.967 bits per heavy atom. The van der Waals surface area contributed by atoms with Crippen LogP contribution in [-0.4, -0.2) is 50.1 Å². The van der Waals surface area contributed by atoms with Crippen LogP contribution in [0.3, 0.4) is 0 Å². The van der Waals surface area contributed by atoms with E-state index in [9.17, 15) is 9.59 Å². The molecule has 2 saturated heterocycles. The Morgan fingerprint density at radius 2 is 1.60 bits per heavy atom. The van der Waals surface area contributed by atoms with Crippen LogP contribution in [0.2, 0.25) is 0 Å². The van der Waals surface area contributed by atoms with Crippen molar-refractivity contribution in [1.82, 2.24) is 4.90 Å². The lowest BCUT2D eigenvalue weighted by molar-refractivity contribution is -0.125. The minimum absolute atomic E-state index is 0.0467. The summed E-state index contributed by atoms with van der Waals surface area (Å²) in [5, 5.41) is 3.06. The summed E-state index contributed by atoms with van der Waals surface area (Å²) >= 11 is 0. The fraction of sp³-hybridized carbons (Fsp3) is 0.417. The molecule has 2 aliphatic rings. The van der Waals surface area contributed by atoms with Gasteiger partial charge in [0.25, 0.3) is 5.91 Å². The lowest BCUT2D eigenvalue weighted by Gasteiger charge is -2.36. The second-order valence-corrected chi connectivity index (χ2v) is 7.95. The van der Waals surface area contributed by atoms with Crippen LogP contribution in [0.15, 0.2) is 48.5 Å². The zero-order valence-electron chi connectivity index (χ0n) is 17.4. The molecule has 2 fully saturated rings. The SMILES string of the molecule is COc1ccc(C2(C(=O)Nc3ccc(C(=O)N4CCCC4)cc3)CCOCC2)cc1. The van der Waals surface area contributed by atoms with Gasteiger partial charge in [-0.3, -0.25) is 9.59 Å². The zero-order chi connectivity index (χ0) is 21.0. The summed E-state index contributed by atoms with van der Waals surface area (Å²) in [5.74, 6) is 0.777. The summed E-state index contributed by atoms with van der Waals surface area (Å²) < 4.78 is 10.8. The number of carbonyl (C=O) groups excluding carboxylic acids is 2. The van der Waals surface area contributed by atoms with Crippen LogP contribution in [0.25, 0.3) is 0 Å². The van der Waals surface area contributed by atoms with Crippen molar-refractivity contribution in [3.8, 4) is 5.75 Å². The Hall–Kier alpha value is -2.86. The van der Waals surface area contributed by atoms with Crippen LogP contribution in [0.4, 0.5) is 5.69 Å². The monoisotopic (exact) mass is 408 g/mol. The molecular formula is C24H28N2O4. The average molecular weight is 408 g/mol. The Bertz CT molecular complexity index is 880. The average Bonchev–Trinajstić information content (AvgIpc) is 3.34.